The molecule has 0 aliphatic carbocycles. The van der Waals surface area contributed by atoms with Crippen molar-refractivity contribution in [3.63, 3.8) is 0 Å². The van der Waals surface area contributed by atoms with E-state index in [1.807, 2.05) is 18.2 Å². The first-order chi connectivity index (χ1) is 7.25. The molecule has 0 spiro atoms. The summed E-state index contributed by atoms with van der Waals surface area (Å²) in [6, 6.07) is 13.7. The summed E-state index contributed by atoms with van der Waals surface area (Å²) < 4.78 is 18.7. The lowest BCUT2D eigenvalue weighted by molar-refractivity contribution is 0.442. The van der Waals surface area contributed by atoms with Gasteiger partial charge in [0.25, 0.3) is 0 Å². The Bertz CT molecular complexity index is 451. The molecule has 1 radical (unpaired) electrons. The van der Waals surface area contributed by atoms with Crippen molar-refractivity contribution in [2.75, 3.05) is 0 Å². The summed E-state index contributed by atoms with van der Waals surface area (Å²) in [7, 11) is 0. The maximum absolute atomic E-state index is 13.4. The number of hydrogen-bond donors (Lipinski definition) is 0. The fourth-order valence-corrected chi connectivity index (χ4v) is 1.24. The van der Waals surface area contributed by atoms with Crippen LogP contribution in [0.25, 0.3) is 0 Å². The lowest BCUT2D eigenvalue weighted by atomic mass is 10.2. The van der Waals surface area contributed by atoms with Crippen LogP contribution >= 0.6 is 0 Å². The minimum Gasteiger partial charge on any atom is -0.454 e. The first-order valence-electron chi connectivity index (χ1n) is 4.60. The quantitative estimate of drug-likeness (QED) is 0.718. The van der Waals surface area contributed by atoms with Crippen molar-refractivity contribution in [3.8, 4) is 11.5 Å². The van der Waals surface area contributed by atoms with Crippen LogP contribution < -0.4 is 4.74 Å². The zero-order chi connectivity index (χ0) is 10.7. The normalized spacial score (nSPS) is 10.0. The second-order valence-electron chi connectivity index (χ2n) is 3.18. The highest BCUT2D eigenvalue weighted by molar-refractivity contribution is 5.35. The van der Waals surface area contributed by atoms with Crippen LogP contribution in [0.5, 0.6) is 11.5 Å². The van der Waals surface area contributed by atoms with Crippen molar-refractivity contribution in [2.24, 2.45) is 0 Å². The van der Waals surface area contributed by atoms with Gasteiger partial charge in [-0.3, -0.25) is 0 Å². The Morgan fingerprint density at radius 1 is 1.00 bits per heavy atom. The predicted octanol–water partition coefficient (Wildman–Crippen LogP) is 3.80. The zero-order valence-electron chi connectivity index (χ0n) is 8.11. The van der Waals surface area contributed by atoms with E-state index in [1.165, 1.54) is 6.07 Å². The van der Waals surface area contributed by atoms with Crippen LogP contribution in [0.1, 0.15) is 5.56 Å². The van der Waals surface area contributed by atoms with E-state index in [2.05, 4.69) is 6.92 Å². The van der Waals surface area contributed by atoms with Crippen LogP contribution in [0.2, 0.25) is 0 Å². The molecule has 2 aromatic carbocycles. The average Bonchev–Trinajstić information content (AvgIpc) is 2.24. The van der Waals surface area contributed by atoms with Gasteiger partial charge in [-0.1, -0.05) is 24.3 Å². The van der Waals surface area contributed by atoms with E-state index in [0.29, 0.717) is 11.3 Å². The van der Waals surface area contributed by atoms with Crippen molar-refractivity contribution >= 4 is 0 Å². The summed E-state index contributed by atoms with van der Waals surface area (Å²) in [5.74, 6) is 0.438. The molecular formula is C13H10FO. The van der Waals surface area contributed by atoms with E-state index >= 15 is 0 Å². The Balaban J connectivity index is 2.25. The van der Waals surface area contributed by atoms with Crippen LogP contribution in [0.3, 0.4) is 0 Å². The molecule has 0 amide bonds. The number of halogens is 1. The molecule has 2 heteroatoms. The van der Waals surface area contributed by atoms with Crippen LogP contribution in [0.15, 0.2) is 48.5 Å². The summed E-state index contributed by atoms with van der Waals surface area (Å²) in [5.41, 5.74) is 0.632. The predicted molar refractivity (Wildman–Crippen MR) is 57.4 cm³/mol. The lowest BCUT2D eigenvalue weighted by Gasteiger charge is -2.06. The molecule has 2 aromatic rings. The fraction of sp³-hybridized carbons (Fsp3) is 0. The molecule has 1 nitrogen and oxygen atoms in total. The molecule has 0 bridgehead atoms. The number of para-hydroxylation sites is 1. The third kappa shape index (κ3) is 2.34. The first kappa shape index (κ1) is 9.71. The Labute approximate surface area is 88.1 Å². The van der Waals surface area contributed by atoms with E-state index in [9.17, 15) is 4.39 Å². The standard InChI is InChI=1S/C13H10FO/c1-10-7-8-13(12(14)9-10)15-11-5-3-2-4-6-11/h2-9H,1H2. The van der Waals surface area contributed by atoms with Crippen LogP contribution in [-0.4, -0.2) is 0 Å². The highest BCUT2D eigenvalue weighted by Crippen LogP contribution is 2.24. The van der Waals surface area contributed by atoms with Crippen molar-refractivity contribution in [3.05, 3.63) is 66.8 Å². The Hall–Kier alpha value is -1.83. The number of ether oxygens (including phenoxy) is 1. The van der Waals surface area contributed by atoms with Crippen molar-refractivity contribution in [1.82, 2.24) is 0 Å². The molecule has 0 aromatic heterocycles. The van der Waals surface area contributed by atoms with Crippen molar-refractivity contribution in [1.29, 1.82) is 0 Å². The zero-order valence-corrected chi connectivity index (χ0v) is 8.11. The maximum atomic E-state index is 13.4. The number of hydrogen-bond acceptors (Lipinski definition) is 1. The van der Waals surface area contributed by atoms with Crippen LogP contribution in [0, 0.1) is 12.7 Å². The van der Waals surface area contributed by atoms with Gasteiger partial charge in [0.15, 0.2) is 11.6 Å². The Morgan fingerprint density at radius 2 is 1.73 bits per heavy atom. The van der Waals surface area contributed by atoms with Gasteiger partial charge in [0.05, 0.1) is 0 Å². The molecule has 2 rings (SSSR count). The van der Waals surface area contributed by atoms with Gasteiger partial charge < -0.3 is 4.74 Å². The van der Waals surface area contributed by atoms with E-state index in [4.69, 9.17) is 4.74 Å². The number of rotatable bonds is 2. The highest BCUT2D eigenvalue weighted by atomic mass is 19.1. The van der Waals surface area contributed by atoms with Gasteiger partial charge in [-0.15, -0.1) is 0 Å². The molecular weight excluding hydrogens is 191 g/mol. The number of benzene rings is 2. The monoisotopic (exact) mass is 201 g/mol. The minimum atomic E-state index is -0.397. The molecule has 0 saturated heterocycles. The van der Waals surface area contributed by atoms with Gasteiger partial charge >= 0.3 is 0 Å². The van der Waals surface area contributed by atoms with E-state index in [0.717, 1.165) is 0 Å². The maximum Gasteiger partial charge on any atom is 0.165 e. The molecule has 0 aliphatic rings. The van der Waals surface area contributed by atoms with Gasteiger partial charge in [-0.05, 0) is 36.8 Å². The SMILES string of the molecule is [CH2]c1ccc(Oc2ccccc2)c(F)c1. The lowest BCUT2D eigenvalue weighted by Crippen LogP contribution is -1.88. The average molecular weight is 201 g/mol. The van der Waals surface area contributed by atoms with Crippen LogP contribution in [0.4, 0.5) is 4.39 Å². The van der Waals surface area contributed by atoms with E-state index < -0.39 is 5.82 Å². The van der Waals surface area contributed by atoms with Crippen LogP contribution in [-0.2, 0) is 0 Å². The molecule has 0 unspecified atom stereocenters. The molecule has 75 valence electrons. The molecule has 0 fully saturated rings. The highest BCUT2D eigenvalue weighted by Gasteiger charge is 2.03. The molecule has 0 aliphatic heterocycles. The Kier molecular flexibility index (Phi) is 2.68. The van der Waals surface area contributed by atoms with Gasteiger partial charge in [0.1, 0.15) is 5.75 Å². The second-order valence-corrected chi connectivity index (χ2v) is 3.18. The Morgan fingerprint density at radius 3 is 2.40 bits per heavy atom. The van der Waals surface area contributed by atoms with Gasteiger partial charge in [-0.2, -0.15) is 0 Å². The summed E-state index contributed by atoms with van der Waals surface area (Å²) >= 11 is 0. The van der Waals surface area contributed by atoms with Crippen molar-refractivity contribution in [2.45, 2.75) is 0 Å². The fourth-order valence-electron chi connectivity index (χ4n) is 1.24. The summed E-state index contributed by atoms with van der Waals surface area (Å²) in [4.78, 5) is 0. The third-order valence-corrected chi connectivity index (χ3v) is 1.97. The summed E-state index contributed by atoms with van der Waals surface area (Å²) in [6.45, 7) is 3.63. The van der Waals surface area contributed by atoms with E-state index in [1.54, 1.807) is 24.3 Å². The summed E-state index contributed by atoms with van der Waals surface area (Å²) in [6.07, 6.45) is 0. The molecule has 0 saturated carbocycles. The van der Waals surface area contributed by atoms with Gasteiger partial charge in [-0.25, -0.2) is 4.39 Å². The van der Waals surface area contributed by atoms with Crippen molar-refractivity contribution < 1.29 is 9.13 Å². The minimum absolute atomic E-state index is 0.216. The smallest absolute Gasteiger partial charge is 0.165 e. The largest absolute Gasteiger partial charge is 0.454 e. The molecule has 0 N–H and O–H groups in total. The molecule has 15 heavy (non-hydrogen) atoms. The summed E-state index contributed by atoms with van der Waals surface area (Å²) in [5, 5.41) is 0. The molecule has 0 atom stereocenters. The first-order valence-corrected chi connectivity index (χ1v) is 4.60. The van der Waals surface area contributed by atoms with Gasteiger partial charge in [0, 0.05) is 0 Å². The second kappa shape index (κ2) is 4.13. The topological polar surface area (TPSA) is 9.23 Å². The molecule has 0 heterocycles. The van der Waals surface area contributed by atoms with E-state index in [-0.39, 0.29) is 5.75 Å². The third-order valence-electron chi connectivity index (χ3n) is 1.97. The van der Waals surface area contributed by atoms with Gasteiger partial charge in [0.2, 0.25) is 0 Å².